The van der Waals surface area contributed by atoms with Gasteiger partial charge >= 0.3 is 0 Å². The fourth-order valence-electron chi connectivity index (χ4n) is 2.86. The molecule has 0 saturated heterocycles. The Morgan fingerprint density at radius 3 is 2.48 bits per heavy atom. The van der Waals surface area contributed by atoms with Crippen LogP contribution in [0.5, 0.6) is 17.2 Å². The molecule has 0 fully saturated rings. The van der Waals surface area contributed by atoms with Gasteiger partial charge < -0.3 is 19.5 Å². The molecule has 0 aliphatic rings. The highest BCUT2D eigenvalue weighted by Crippen LogP contribution is 2.38. The lowest BCUT2D eigenvalue weighted by Crippen LogP contribution is -2.27. The first-order chi connectivity index (χ1) is 13.2. The smallest absolute Gasteiger partial charge is 0.224 e. The number of pyridine rings is 1. The second-order valence-electron chi connectivity index (χ2n) is 5.86. The summed E-state index contributed by atoms with van der Waals surface area (Å²) in [5.74, 6) is 2.25. The number of benzene rings is 1. The van der Waals surface area contributed by atoms with Crippen molar-refractivity contribution >= 4 is 11.6 Å². The molecule has 142 valence electrons. The third-order valence-corrected chi connectivity index (χ3v) is 4.14. The van der Waals surface area contributed by atoms with E-state index in [1.807, 2.05) is 28.8 Å². The lowest BCUT2D eigenvalue weighted by atomic mass is 10.1. The number of nitrogens with zero attached hydrogens (tertiary/aromatic N) is 3. The van der Waals surface area contributed by atoms with Crippen molar-refractivity contribution in [3.63, 3.8) is 0 Å². The number of methoxy groups -OCH3 is 3. The number of carbonyl (C=O) groups excluding carboxylic acids is 1. The Morgan fingerprint density at radius 2 is 1.81 bits per heavy atom. The lowest BCUT2D eigenvalue weighted by Gasteiger charge is -2.14. The Balaban J connectivity index is 1.61. The van der Waals surface area contributed by atoms with E-state index in [1.54, 1.807) is 33.5 Å². The third kappa shape index (κ3) is 4.11. The Kier molecular flexibility index (Phi) is 5.75. The van der Waals surface area contributed by atoms with Gasteiger partial charge in [-0.2, -0.15) is 0 Å². The Labute approximate surface area is 157 Å². The van der Waals surface area contributed by atoms with Crippen molar-refractivity contribution < 1.29 is 19.0 Å². The molecule has 8 heteroatoms. The van der Waals surface area contributed by atoms with Crippen LogP contribution in [0.15, 0.2) is 36.5 Å². The number of amides is 1. The van der Waals surface area contributed by atoms with E-state index in [-0.39, 0.29) is 12.3 Å². The number of hydrogen-bond donors (Lipinski definition) is 1. The number of fused-ring (bicyclic) bond motifs is 1. The van der Waals surface area contributed by atoms with E-state index in [1.165, 1.54) is 0 Å². The number of nitrogens with one attached hydrogen (secondary N) is 1. The summed E-state index contributed by atoms with van der Waals surface area (Å²) in [7, 11) is 4.63. The molecule has 3 aromatic rings. The van der Waals surface area contributed by atoms with Crippen LogP contribution in [0.3, 0.4) is 0 Å². The lowest BCUT2D eigenvalue weighted by molar-refractivity contribution is -0.120. The van der Waals surface area contributed by atoms with Gasteiger partial charge in [-0.3, -0.25) is 9.20 Å². The minimum absolute atomic E-state index is 0.0990. The Hall–Kier alpha value is -3.29. The van der Waals surface area contributed by atoms with Crippen molar-refractivity contribution in [2.45, 2.75) is 12.8 Å². The molecule has 8 nitrogen and oxygen atoms in total. The van der Waals surface area contributed by atoms with Crippen molar-refractivity contribution in [2.75, 3.05) is 27.9 Å². The molecule has 2 aromatic heterocycles. The molecule has 0 saturated carbocycles. The first kappa shape index (κ1) is 18.5. The Morgan fingerprint density at radius 1 is 1.07 bits per heavy atom. The van der Waals surface area contributed by atoms with Crippen molar-refractivity contribution in [1.82, 2.24) is 19.9 Å². The monoisotopic (exact) mass is 370 g/mol. The van der Waals surface area contributed by atoms with E-state index in [9.17, 15) is 4.79 Å². The largest absolute Gasteiger partial charge is 0.493 e. The average Bonchev–Trinajstić information content (AvgIpc) is 3.10. The number of rotatable bonds is 8. The summed E-state index contributed by atoms with van der Waals surface area (Å²) in [6.07, 6.45) is 2.70. The maximum atomic E-state index is 12.3. The second-order valence-corrected chi connectivity index (χ2v) is 5.86. The zero-order valence-corrected chi connectivity index (χ0v) is 15.6. The van der Waals surface area contributed by atoms with Crippen LogP contribution >= 0.6 is 0 Å². The molecule has 1 aromatic carbocycles. The van der Waals surface area contributed by atoms with Gasteiger partial charge in [0.15, 0.2) is 17.1 Å². The summed E-state index contributed by atoms with van der Waals surface area (Å²) < 4.78 is 17.8. The zero-order valence-electron chi connectivity index (χ0n) is 15.6. The van der Waals surface area contributed by atoms with E-state index in [4.69, 9.17) is 14.2 Å². The number of ether oxygens (including phenoxy) is 3. The van der Waals surface area contributed by atoms with Crippen LogP contribution in [0.25, 0.3) is 5.65 Å². The van der Waals surface area contributed by atoms with E-state index in [0.717, 1.165) is 17.0 Å². The molecule has 2 heterocycles. The highest BCUT2D eigenvalue weighted by Gasteiger charge is 2.15. The minimum Gasteiger partial charge on any atom is -0.493 e. The van der Waals surface area contributed by atoms with Gasteiger partial charge in [-0.15, -0.1) is 10.2 Å². The maximum absolute atomic E-state index is 12.3. The van der Waals surface area contributed by atoms with E-state index < -0.39 is 0 Å². The number of carbonyl (C=O) groups is 1. The van der Waals surface area contributed by atoms with Crippen LogP contribution in [0.4, 0.5) is 0 Å². The molecule has 0 aliphatic carbocycles. The topological polar surface area (TPSA) is 87.0 Å². The van der Waals surface area contributed by atoms with Crippen LogP contribution in [0.2, 0.25) is 0 Å². The molecule has 0 radical (unpaired) electrons. The highest BCUT2D eigenvalue weighted by atomic mass is 16.5. The van der Waals surface area contributed by atoms with Gasteiger partial charge in [0.25, 0.3) is 0 Å². The quantitative estimate of drug-likeness (QED) is 0.649. The number of hydrogen-bond acceptors (Lipinski definition) is 6. The SMILES string of the molecule is COc1cc(CC(=O)NCCc2nnc3ccccn23)cc(OC)c1OC. The van der Waals surface area contributed by atoms with Crippen molar-refractivity contribution in [3.05, 3.63) is 47.9 Å². The Bertz CT molecular complexity index is 913. The third-order valence-electron chi connectivity index (χ3n) is 4.14. The zero-order chi connectivity index (χ0) is 19.2. The van der Waals surface area contributed by atoms with Gasteiger partial charge in [0.2, 0.25) is 11.7 Å². The van der Waals surface area contributed by atoms with E-state index >= 15 is 0 Å². The molecule has 0 bridgehead atoms. The molecule has 1 amide bonds. The summed E-state index contributed by atoms with van der Waals surface area (Å²) >= 11 is 0. The summed E-state index contributed by atoms with van der Waals surface area (Å²) in [6.45, 7) is 0.471. The first-order valence-corrected chi connectivity index (χ1v) is 8.50. The molecule has 3 rings (SSSR count). The highest BCUT2D eigenvalue weighted by molar-refractivity contribution is 5.79. The standard InChI is InChI=1S/C19H22N4O4/c1-25-14-10-13(11-15(26-2)19(14)27-3)12-18(24)20-8-7-17-22-21-16-6-4-5-9-23(16)17/h4-6,9-11H,7-8,12H2,1-3H3,(H,20,24). The molecular formula is C19H22N4O4. The van der Waals surface area contributed by atoms with Crippen LogP contribution < -0.4 is 19.5 Å². The van der Waals surface area contributed by atoms with Crippen LogP contribution in [-0.2, 0) is 17.6 Å². The van der Waals surface area contributed by atoms with Crippen molar-refractivity contribution in [1.29, 1.82) is 0 Å². The maximum Gasteiger partial charge on any atom is 0.224 e. The molecule has 0 unspecified atom stereocenters. The summed E-state index contributed by atoms with van der Waals surface area (Å²) in [6, 6.07) is 9.26. The van der Waals surface area contributed by atoms with Gasteiger partial charge in [-0.05, 0) is 29.8 Å². The molecule has 1 N–H and O–H groups in total. The molecule has 0 spiro atoms. The molecule has 0 atom stereocenters. The van der Waals surface area contributed by atoms with Crippen molar-refractivity contribution in [2.24, 2.45) is 0 Å². The fourth-order valence-corrected chi connectivity index (χ4v) is 2.86. The van der Waals surface area contributed by atoms with Crippen molar-refractivity contribution in [3.8, 4) is 17.2 Å². The van der Waals surface area contributed by atoms with Gasteiger partial charge in [0.05, 0.1) is 27.8 Å². The van der Waals surface area contributed by atoms with Crippen LogP contribution in [0, 0.1) is 0 Å². The van der Waals surface area contributed by atoms with Gasteiger partial charge in [0.1, 0.15) is 5.82 Å². The van der Waals surface area contributed by atoms with Gasteiger partial charge in [-0.25, -0.2) is 0 Å². The fraction of sp³-hybridized carbons (Fsp3) is 0.316. The van der Waals surface area contributed by atoms with E-state index in [0.29, 0.717) is 30.2 Å². The molecule has 27 heavy (non-hydrogen) atoms. The average molecular weight is 370 g/mol. The second kappa shape index (κ2) is 8.39. The summed E-state index contributed by atoms with van der Waals surface area (Å²) in [4.78, 5) is 12.3. The summed E-state index contributed by atoms with van der Waals surface area (Å²) in [5, 5.41) is 11.2. The van der Waals surface area contributed by atoms with Gasteiger partial charge in [-0.1, -0.05) is 6.07 Å². The predicted octanol–water partition coefficient (Wildman–Crippen LogP) is 1.66. The minimum atomic E-state index is -0.0990. The van der Waals surface area contributed by atoms with Crippen LogP contribution in [-0.4, -0.2) is 48.4 Å². The van der Waals surface area contributed by atoms with Crippen LogP contribution in [0.1, 0.15) is 11.4 Å². The van der Waals surface area contributed by atoms with Gasteiger partial charge in [0, 0.05) is 19.2 Å². The molecule has 0 aliphatic heterocycles. The first-order valence-electron chi connectivity index (χ1n) is 8.50. The normalized spacial score (nSPS) is 10.6. The van der Waals surface area contributed by atoms with E-state index in [2.05, 4.69) is 15.5 Å². The predicted molar refractivity (Wildman–Crippen MR) is 99.5 cm³/mol. The number of aromatic nitrogens is 3. The summed E-state index contributed by atoms with van der Waals surface area (Å²) in [5.41, 5.74) is 1.56. The molecular weight excluding hydrogens is 348 g/mol.